The van der Waals surface area contributed by atoms with Gasteiger partial charge in [-0.05, 0) is 43.7 Å². The van der Waals surface area contributed by atoms with E-state index in [0.717, 1.165) is 37.1 Å². The SMILES string of the molecule is Cc1nc([C@@H]2CCCN2C(=O)c2cc3c(s2)CCC3)no1. The maximum Gasteiger partial charge on any atom is 0.264 e. The van der Waals surface area contributed by atoms with Crippen LogP contribution in [0.3, 0.4) is 0 Å². The van der Waals surface area contributed by atoms with Crippen LogP contribution in [-0.2, 0) is 12.8 Å². The van der Waals surface area contributed by atoms with E-state index in [9.17, 15) is 4.79 Å². The summed E-state index contributed by atoms with van der Waals surface area (Å²) in [6, 6.07) is 2.05. The van der Waals surface area contributed by atoms with Gasteiger partial charge in [0.15, 0.2) is 5.82 Å². The van der Waals surface area contributed by atoms with Gasteiger partial charge in [0.2, 0.25) is 5.89 Å². The van der Waals surface area contributed by atoms with Crippen molar-refractivity contribution in [3.63, 3.8) is 0 Å². The fraction of sp³-hybridized carbons (Fsp3) is 0.533. The van der Waals surface area contributed by atoms with Gasteiger partial charge in [-0.3, -0.25) is 4.79 Å². The van der Waals surface area contributed by atoms with E-state index in [1.807, 2.05) is 4.90 Å². The van der Waals surface area contributed by atoms with Crippen LogP contribution >= 0.6 is 11.3 Å². The zero-order valence-electron chi connectivity index (χ0n) is 12.0. The Morgan fingerprint density at radius 1 is 1.43 bits per heavy atom. The first-order chi connectivity index (χ1) is 10.2. The van der Waals surface area contributed by atoms with E-state index in [2.05, 4.69) is 16.2 Å². The van der Waals surface area contributed by atoms with Crippen LogP contribution in [0, 0.1) is 6.92 Å². The fourth-order valence-corrected chi connectivity index (χ4v) is 4.51. The number of carbonyl (C=O) groups is 1. The van der Waals surface area contributed by atoms with Crippen molar-refractivity contribution in [1.82, 2.24) is 15.0 Å². The number of thiophene rings is 1. The number of amides is 1. The van der Waals surface area contributed by atoms with Crippen LogP contribution in [-0.4, -0.2) is 27.5 Å². The maximum atomic E-state index is 12.8. The second-order valence-electron chi connectivity index (χ2n) is 5.74. The zero-order valence-corrected chi connectivity index (χ0v) is 12.8. The molecule has 0 N–H and O–H groups in total. The Kier molecular flexibility index (Phi) is 3.06. The number of aromatic nitrogens is 2. The molecule has 1 atom stereocenters. The number of aryl methyl sites for hydroxylation is 3. The predicted octanol–water partition coefficient (Wildman–Crippen LogP) is 2.91. The average molecular weight is 303 g/mol. The molecule has 21 heavy (non-hydrogen) atoms. The van der Waals surface area contributed by atoms with E-state index >= 15 is 0 Å². The molecule has 110 valence electrons. The number of likely N-dealkylation sites (tertiary alicyclic amines) is 1. The molecule has 1 aliphatic carbocycles. The molecule has 0 aromatic carbocycles. The third kappa shape index (κ3) is 2.18. The summed E-state index contributed by atoms with van der Waals surface area (Å²) in [5.74, 6) is 1.32. The number of fused-ring (bicyclic) bond motifs is 1. The topological polar surface area (TPSA) is 59.2 Å². The second-order valence-corrected chi connectivity index (χ2v) is 6.88. The second kappa shape index (κ2) is 4.94. The first-order valence-corrected chi connectivity index (χ1v) is 8.27. The summed E-state index contributed by atoms with van der Waals surface area (Å²) >= 11 is 1.66. The van der Waals surface area contributed by atoms with Gasteiger partial charge in [0.25, 0.3) is 5.91 Å². The van der Waals surface area contributed by atoms with Crippen molar-refractivity contribution >= 4 is 17.2 Å². The van der Waals surface area contributed by atoms with E-state index in [4.69, 9.17) is 4.52 Å². The van der Waals surface area contributed by atoms with Crippen LogP contribution in [0.15, 0.2) is 10.6 Å². The summed E-state index contributed by atoms with van der Waals surface area (Å²) in [7, 11) is 0. The molecule has 0 unspecified atom stereocenters. The molecule has 2 aliphatic rings. The number of hydrogen-bond acceptors (Lipinski definition) is 5. The van der Waals surface area contributed by atoms with Crippen LogP contribution < -0.4 is 0 Å². The molecule has 2 aromatic heterocycles. The lowest BCUT2D eigenvalue weighted by atomic mass is 10.2. The monoisotopic (exact) mass is 303 g/mol. The molecule has 1 aliphatic heterocycles. The van der Waals surface area contributed by atoms with Gasteiger partial charge in [0, 0.05) is 18.3 Å². The Hall–Kier alpha value is -1.69. The summed E-state index contributed by atoms with van der Waals surface area (Å²) in [5.41, 5.74) is 1.37. The Morgan fingerprint density at radius 2 is 2.33 bits per heavy atom. The highest BCUT2D eigenvalue weighted by Crippen LogP contribution is 2.35. The van der Waals surface area contributed by atoms with Crippen molar-refractivity contribution < 1.29 is 9.32 Å². The molecular weight excluding hydrogens is 286 g/mol. The number of hydrogen-bond donors (Lipinski definition) is 0. The van der Waals surface area contributed by atoms with Crippen molar-refractivity contribution in [3.8, 4) is 0 Å². The molecule has 0 saturated carbocycles. The highest BCUT2D eigenvalue weighted by Gasteiger charge is 2.34. The van der Waals surface area contributed by atoms with E-state index in [1.165, 1.54) is 16.9 Å². The first-order valence-electron chi connectivity index (χ1n) is 7.45. The van der Waals surface area contributed by atoms with Gasteiger partial charge >= 0.3 is 0 Å². The van der Waals surface area contributed by atoms with Crippen molar-refractivity contribution in [3.05, 3.63) is 33.1 Å². The summed E-state index contributed by atoms with van der Waals surface area (Å²) in [6.45, 7) is 2.56. The largest absolute Gasteiger partial charge is 0.340 e. The van der Waals surface area contributed by atoms with Crippen LogP contribution in [0.4, 0.5) is 0 Å². The normalized spacial score (nSPS) is 21.0. The quantitative estimate of drug-likeness (QED) is 0.856. The molecule has 1 saturated heterocycles. The molecule has 5 nitrogen and oxygen atoms in total. The number of carbonyl (C=O) groups excluding carboxylic acids is 1. The highest BCUT2D eigenvalue weighted by atomic mass is 32.1. The summed E-state index contributed by atoms with van der Waals surface area (Å²) in [6.07, 6.45) is 5.38. The first kappa shape index (κ1) is 13.0. The third-order valence-corrected chi connectivity index (χ3v) is 5.54. The third-order valence-electron chi connectivity index (χ3n) is 4.31. The Morgan fingerprint density at radius 3 is 3.10 bits per heavy atom. The van der Waals surface area contributed by atoms with E-state index < -0.39 is 0 Å². The van der Waals surface area contributed by atoms with Crippen LogP contribution in [0.1, 0.15) is 57.1 Å². The van der Waals surface area contributed by atoms with Gasteiger partial charge in [0.1, 0.15) is 0 Å². The van der Waals surface area contributed by atoms with Crippen molar-refractivity contribution in [2.75, 3.05) is 6.54 Å². The van der Waals surface area contributed by atoms with Crippen molar-refractivity contribution in [2.24, 2.45) is 0 Å². The number of nitrogens with zero attached hydrogens (tertiary/aromatic N) is 3. The molecule has 0 radical (unpaired) electrons. The predicted molar refractivity (Wildman–Crippen MR) is 78.4 cm³/mol. The standard InChI is InChI=1S/C15H17N3O2S/c1-9-16-14(17-20-9)11-5-3-7-18(11)15(19)13-8-10-4-2-6-12(10)21-13/h8,11H,2-7H2,1H3/t11-/m0/s1. The van der Waals surface area contributed by atoms with Gasteiger partial charge in [-0.2, -0.15) is 4.98 Å². The maximum absolute atomic E-state index is 12.8. The Labute approximate surface area is 127 Å². The van der Waals surface area contributed by atoms with Crippen molar-refractivity contribution in [1.29, 1.82) is 0 Å². The van der Waals surface area contributed by atoms with E-state index in [-0.39, 0.29) is 11.9 Å². The minimum absolute atomic E-state index is 0.0353. The average Bonchev–Trinajstić information content (AvgIpc) is 3.20. The van der Waals surface area contributed by atoms with Gasteiger partial charge in [-0.25, -0.2) is 0 Å². The lowest BCUT2D eigenvalue weighted by molar-refractivity contribution is 0.0733. The summed E-state index contributed by atoms with van der Waals surface area (Å²) in [5, 5.41) is 4.00. The summed E-state index contributed by atoms with van der Waals surface area (Å²) in [4.78, 5) is 21.3. The fourth-order valence-electron chi connectivity index (χ4n) is 3.30. The van der Waals surface area contributed by atoms with Crippen LogP contribution in [0.5, 0.6) is 0 Å². The molecule has 0 bridgehead atoms. The van der Waals surface area contributed by atoms with E-state index in [0.29, 0.717) is 11.7 Å². The zero-order chi connectivity index (χ0) is 14.4. The minimum Gasteiger partial charge on any atom is -0.340 e. The Balaban J connectivity index is 1.60. The minimum atomic E-state index is -0.0353. The smallest absolute Gasteiger partial charge is 0.264 e. The molecule has 0 spiro atoms. The summed E-state index contributed by atoms with van der Waals surface area (Å²) < 4.78 is 5.06. The van der Waals surface area contributed by atoms with Gasteiger partial charge < -0.3 is 9.42 Å². The molecule has 2 aromatic rings. The molecule has 1 fully saturated rings. The highest BCUT2D eigenvalue weighted by molar-refractivity contribution is 7.14. The lowest BCUT2D eigenvalue weighted by Crippen LogP contribution is -2.30. The molecular formula is C15H17N3O2S. The van der Waals surface area contributed by atoms with Gasteiger partial charge in [0.05, 0.1) is 10.9 Å². The van der Waals surface area contributed by atoms with Crippen LogP contribution in [0.25, 0.3) is 0 Å². The molecule has 4 rings (SSSR count). The van der Waals surface area contributed by atoms with E-state index in [1.54, 1.807) is 18.3 Å². The number of rotatable bonds is 2. The van der Waals surface area contributed by atoms with Crippen molar-refractivity contribution in [2.45, 2.75) is 45.1 Å². The molecule has 6 heteroatoms. The molecule has 1 amide bonds. The Bertz CT molecular complexity index is 669. The van der Waals surface area contributed by atoms with Crippen LogP contribution in [0.2, 0.25) is 0 Å². The van der Waals surface area contributed by atoms with Gasteiger partial charge in [-0.1, -0.05) is 5.16 Å². The van der Waals surface area contributed by atoms with Gasteiger partial charge in [-0.15, -0.1) is 11.3 Å². The molecule has 3 heterocycles. The lowest BCUT2D eigenvalue weighted by Gasteiger charge is -2.21.